The van der Waals surface area contributed by atoms with Crippen LogP contribution >= 0.6 is 15.6 Å². The molecule has 3 N–H and O–H groups in total. The second-order valence-electron chi connectivity index (χ2n) is 28.7. The lowest BCUT2D eigenvalue weighted by molar-refractivity contribution is -0.161. The Kier molecular flexibility index (Phi) is 67.4. The van der Waals surface area contributed by atoms with Crippen molar-refractivity contribution in [3.05, 3.63) is 0 Å². The fourth-order valence-electron chi connectivity index (χ4n) is 11.8. The molecule has 0 bridgehead atoms. The monoisotopic (exact) mass is 1410 g/mol. The second-order valence-corrected chi connectivity index (χ2v) is 31.6. The fraction of sp³-hybridized carbons (Fsp3) is 0.948. The maximum Gasteiger partial charge on any atom is 0.472 e. The number of aliphatic hydroxyl groups excluding tert-OH is 1. The Bertz CT molecular complexity index is 1860. The molecule has 0 saturated heterocycles. The Labute approximate surface area is 588 Å². The van der Waals surface area contributed by atoms with Gasteiger partial charge in [-0.05, 0) is 37.5 Å². The van der Waals surface area contributed by atoms with E-state index in [1.807, 2.05) is 0 Å². The van der Waals surface area contributed by atoms with Crippen molar-refractivity contribution >= 4 is 39.5 Å². The lowest BCUT2D eigenvalue weighted by Crippen LogP contribution is -2.30. The Morgan fingerprint density at radius 3 is 0.708 bits per heavy atom. The first kappa shape index (κ1) is 94.1. The Hall–Kier alpha value is -1.94. The van der Waals surface area contributed by atoms with Crippen LogP contribution in [0.4, 0.5) is 0 Å². The molecule has 0 aromatic carbocycles. The highest BCUT2D eigenvalue weighted by Gasteiger charge is 2.30. The van der Waals surface area contributed by atoms with E-state index in [0.717, 1.165) is 102 Å². The van der Waals surface area contributed by atoms with Gasteiger partial charge in [-0.15, -0.1) is 0 Å². The van der Waals surface area contributed by atoms with Gasteiger partial charge >= 0.3 is 39.5 Å². The van der Waals surface area contributed by atoms with Gasteiger partial charge in [0.15, 0.2) is 12.2 Å². The van der Waals surface area contributed by atoms with E-state index in [1.54, 1.807) is 0 Å². The van der Waals surface area contributed by atoms with Crippen molar-refractivity contribution in [2.75, 3.05) is 39.6 Å². The summed E-state index contributed by atoms with van der Waals surface area (Å²) < 4.78 is 68.5. The summed E-state index contributed by atoms with van der Waals surface area (Å²) in [6.07, 6.45) is 57.0. The van der Waals surface area contributed by atoms with E-state index in [2.05, 4.69) is 41.5 Å². The number of aliphatic hydroxyl groups is 1. The molecule has 0 aliphatic carbocycles. The van der Waals surface area contributed by atoms with Crippen LogP contribution in [0.25, 0.3) is 0 Å². The molecule has 0 spiro atoms. The third-order valence-corrected chi connectivity index (χ3v) is 19.9. The molecular weight excluding hydrogens is 1260 g/mol. The molecule has 17 nitrogen and oxygen atoms in total. The van der Waals surface area contributed by atoms with E-state index in [9.17, 15) is 43.2 Å². The minimum absolute atomic E-state index is 0.105. The highest BCUT2D eigenvalue weighted by Crippen LogP contribution is 2.45. The van der Waals surface area contributed by atoms with Gasteiger partial charge in [0.25, 0.3) is 0 Å². The average molecular weight is 1410 g/mol. The molecule has 0 heterocycles. The van der Waals surface area contributed by atoms with E-state index in [-0.39, 0.29) is 25.7 Å². The number of carbonyl (C=O) groups excluding carboxylic acids is 4. The van der Waals surface area contributed by atoms with Crippen LogP contribution in [0.15, 0.2) is 0 Å². The predicted molar refractivity (Wildman–Crippen MR) is 391 cm³/mol. The second kappa shape index (κ2) is 68.8. The third kappa shape index (κ3) is 70.5. The van der Waals surface area contributed by atoms with Crippen molar-refractivity contribution in [2.45, 2.75) is 419 Å². The number of phosphoric ester groups is 2. The summed E-state index contributed by atoms with van der Waals surface area (Å²) in [6, 6.07) is 0. The van der Waals surface area contributed by atoms with Crippen molar-refractivity contribution in [1.82, 2.24) is 0 Å². The van der Waals surface area contributed by atoms with Gasteiger partial charge in [0.2, 0.25) is 0 Å². The molecule has 96 heavy (non-hydrogen) atoms. The number of esters is 4. The van der Waals surface area contributed by atoms with Crippen LogP contribution in [0.3, 0.4) is 0 Å². The number of unbranched alkanes of at least 4 members (excludes halogenated alkanes) is 46. The van der Waals surface area contributed by atoms with Crippen LogP contribution in [-0.4, -0.2) is 96.7 Å². The Morgan fingerprint density at radius 2 is 0.479 bits per heavy atom. The summed E-state index contributed by atoms with van der Waals surface area (Å²) in [4.78, 5) is 72.8. The van der Waals surface area contributed by atoms with Gasteiger partial charge in [-0.1, -0.05) is 350 Å². The van der Waals surface area contributed by atoms with E-state index >= 15 is 0 Å². The van der Waals surface area contributed by atoms with E-state index < -0.39 is 97.5 Å². The quantitative estimate of drug-likeness (QED) is 0.0222. The normalized spacial score (nSPS) is 14.0. The van der Waals surface area contributed by atoms with Crippen molar-refractivity contribution in [1.29, 1.82) is 0 Å². The smallest absolute Gasteiger partial charge is 0.462 e. The first-order chi connectivity index (χ1) is 46.4. The molecule has 19 heteroatoms. The van der Waals surface area contributed by atoms with Crippen molar-refractivity contribution in [2.24, 2.45) is 11.8 Å². The standard InChI is InChI=1S/C77H150O17P2/c1-7-9-11-13-15-17-18-19-24-28-31-35-42-48-54-60-75(80)88-66-72(93-76(81)61-55-49-43-36-32-29-26-23-21-20-22-25-27-30-34-39-45-51-57-69(3)4)67-91-95(83,84)89-63-71(78)64-90-96(85,86)92-68-73(65-87-74(79)59-53-47-41-33-16-14-12-10-8-2)94-77(82)62-56-50-44-38-37-40-46-52-58-70(5)6/h69-73,78H,7-68H2,1-6H3,(H,83,84)(H,85,86)/t71-,72-,73-/m1/s1. The molecule has 0 amide bonds. The minimum atomic E-state index is -4.96. The van der Waals surface area contributed by atoms with Crippen LogP contribution in [0.5, 0.6) is 0 Å². The fourth-order valence-corrected chi connectivity index (χ4v) is 13.4. The zero-order chi connectivity index (χ0) is 70.7. The number of rotatable bonds is 76. The van der Waals surface area contributed by atoms with Gasteiger partial charge in [-0.25, -0.2) is 9.13 Å². The summed E-state index contributed by atoms with van der Waals surface area (Å²) in [5.41, 5.74) is 0. The largest absolute Gasteiger partial charge is 0.472 e. The molecule has 570 valence electrons. The third-order valence-electron chi connectivity index (χ3n) is 18.0. The molecule has 0 aliphatic rings. The van der Waals surface area contributed by atoms with Crippen LogP contribution in [-0.2, 0) is 65.4 Å². The lowest BCUT2D eigenvalue weighted by atomic mass is 10.0. The van der Waals surface area contributed by atoms with Gasteiger partial charge in [0.05, 0.1) is 26.4 Å². The zero-order valence-corrected chi connectivity index (χ0v) is 64.5. The first-order valence-corrected chi connectivity index (χ1v) is 43.0. The maximum atomic E-state index is 13.1. The van der Waals surface area contributed by atoms with Crippen LogP contribution in [0, 0.1) is 11.8 Å². The minimum Gasteiger partial charge on any atom is -0.462 e. The van der Waals surface area contributed by atoms with Crippen molar-refractivity contribution < 1.29 is 80.2 Å². The van der Waals surface area contributed by atoms with E-state index in [1.165, 1.54) is 218 Å². The average Bonchev–Trinajstić information content (AvgIpc) is 1.84. The van der Waals surface area contributed by atoms with Crippen LogP contribution in [0.2, 0.25) is 0 Å². The van der Waals surface area contributed by atoms with Gasteiger partial charge in [-0.3, -0.25) is 37.3 Å². The topological polar surface area (TPSA) is 237 Å². The van der Waals surface area contributed by atoms with Gasteiger partial charge in [0.1, 0.15) is 19.3 Å². The molecule has 0 radical (unpaired) electrons. The molecule has 0 saturated carbocycles. The van der Waals surface area contributed by atoms with Crippen molar-refractivity contribution in [3.63, 3.8) is 0 Å². The Balaban J connectivity index is 5.19. The molecule has 0 aromatic heterocycles. The Morgan fingerprint density at radius 1 is 0.281 bits per heavy atom. The summed E-state index contributed by atoms with van der Waals surface area (Å²) in [5.74, 6) is -0.578. The van der Waals surface area contributed by atoms with Crippen molar-refractivity contribution in [3.8, 4) is 0 Å². The zero-order valence-electron chi connectivity index (χ0n) is 62.7. The maximum absolute atomic E-state index is 13.1. The number of carbonyl (C=O) groups is 4. The number of ether oxygens (including phenoxy) is 4. The molecule has 2 unspecified atom stereocenters. The van der Waals surface area contributed by atoms with Crippen LogP contribution in [0.1, 0.15) is 401 Å². The molecule has 5 atom stereocenters. The first-order valence-electron chi connectivity index (χ1n) is 40.0. The molecule has 0 aliphatic heterocycles. The summed E-state index contributed by atoms with van der Waals surface area (Å²) in [7, 11) is -9.91. The summed E-state index contributed by atoms with van der Waals surface area (Å²) in [6.45, 7) is 9.58. The van der Waals surface area contributed by atoms with Gasteiger partial charge in [0, 0.05) is 25.7 Å². The number of phosphoric acid groups is 2. The summed E-state index contributed by atoms with van der Waals surface area (Å²) in [5, 5.41) is 10.6. The SMILES string of the molecule is CCCCCCCCCCCCCCCCCC(=O)OC[C@H](COP(=O)(O)OC[C@@H](O)COP(=O)(O)OC[C@@H](COC(=O)CCCCCCCCCCC)OC(=O)CCCCCCCCCCC(C)C)OC(=O)CCCCCCCCCCCCCCCCCCCCC(C)C. The highest BCUT2D eigenvalue weighted by atomic mass is 31.2. The number of hydrogen-bond acceptors (Lipinski definition) is 15. The van der Waals surface area contributed by atoms with E-state index in [4.69, 9.17) is 37.0 Å². The molecular formula is C77H150O17P2. The number of hydrogen-bond donors (Lipinski definition) is 3. The molecule has 0 rings (SSSR count). The van der Waals surface area contributed by atoms with Crippen LogP contribution < -0.4 is 0 Å². The summed E-state index contributed by atoms with van der Waals surface area (Å²) >= 11 is 0. The predicted octanol–water partition coefficient (Wildman–Crippen LogP) is 22.7. The lowest BCUT2D eigenvalue weighted by Gasteiger charge is -2.21. The van der Waals surface area contributed by atoms with Gasteiger partial charge < -0.3 is 33.8 Å². The van der Waals surface area contributed by atoms with E-state index in [0.29, 0.717) is 25.7 Å². The van der Waals surface area contributed by atoms with Gasteiger partial charge in [-0.2, -0.15) is 0 Å². The highest BCUT2D eigenvalue weighted by molar-refractivity contribution is 7.47. The molecule has 0 aromatic rings. The molecule has 0 fully saturated rings.